The average Bonchev–Trinajstić information content (AvgIpc) is 2.98. The SMILES string of the molecule is N#CC(=Cc1ccc(N(c2ccccc2)c2ccccc2)cc1)c1ccc(-c2ccc(S(N)(=O)=O)cc2)cc1. The molecule has 0 saturated heterocycles. The van der Waals surface area contributed by atoms with Gasteiger partial charge in [-0.05, 0) is 76.9 Å². The molecule has 2 N–H and O–H groups in total. The lowest BCUT2D eigenvalue weighted by atomic mass is 9.99. The monoisotopic (exact) mass is 527 g/mol. The van der Waals surface area contributed by atoms with Crippen molar-refractivity contribution in [2.24, 2.45) is 5.14 Å². The lowest BCUT2D eigenvalue weighted by Gasteiger charge is -2.25. The van der Waals surface area contributed by atoms with Crippen LogP contribution in [0.2, 0.25) is 0 Å². The van der Waals surface area contributed by atoms with Gasteiger partial charge in [-0.3, -0.25) is 0 Å². The van der Waals surface area contributed by atoms with Gasteiger partial charge in [0.05, 0.1) is 16.5 Å². The number of hydrogen-bond acceptors (Lipinski definition) is 4. The minimum atomic E-state index is -3.74. The van der Waals surface area contributed by atoms with Gasteiger partial charge < -0.3 is 4.90 Å². The van der Waals surface area contributed by atoms with Gasteiger partial charge in [0.15, 0.2) is 0 Å². The van der Waals surface area contributed by atoms with Crippen LogP contribution >= 0.6 is 0 Å². The maximum Gasteiger partial charge on any atom is 0.238 e. The molecule has 6 heteroatoms. The summed E-state index contributed by atoms with van der Waals surface area (Å²) >= 11 is 0. The van der Waals surface area contributed by atoms with Crippen molar-refractivity contribution < 1.29 is 8.42 Å². The van der Waals surface area contributed by atoms with E-state index >= 15 is 0 Å². The van der Waals surface area contributed by atoms with E-state index in [1.165, 1.54) is 12.1 Å². The normalized spacial score (nSPS) is 11.5. The summed E-state index contributed by atoms with van der Waals surface area (Å²) in [6, 6.07) is 44.8. The molecule has 5 rings (SSSR count). The Kier molecular flexibility index (Phi) is 7.37. The highest BCUT2D eigenvalue weighted by atomic mass is 32.2. The maximum atomic E-state index is 11.5. The average molecular weight is 528 g/mol. The summed E-state index contributed by atoms with van der Waals surface area (Å²) in [6.45, 7) is 0. The molecular weight excluding hydrogens is 502 g/mol. The molecule has 0 aliphatic carbocycles. The van der Waals surface area contributed by atoms with Crippen molar-refractivity contribution in [1.29, 1.82) is 5.26 Å². The molecule has 5 aromatic carbocycles. The number of primary sulfonamides is 1. The molecule has 0 unspecified atom stereocenters. The molecule has 0 aliphatic rings. The Morgan fingerprint density at radius 1 is 0.641 bits per heavy atom. The van der Waals surface area contributed by atoms with Gasteiger partial charge in [-0.25, -0.2) is 13.6 Å². The van der Waals surface area contributed by atoms with E-state index in [1.54, 1.807) is 12.1 Å². The molecule has 0 fully saturated rings. The highest BCUT2D eigenvalue weighted by molar-refractivity contribution is 7.89. The summed E-state index contributed by atoms with van der Waals surface area (Å²) in [7, 11) is -3.74. The number of nitriles is 1. The van der Waals surface area contributed by atoms with Crippen LogP contribution in [0.5, 0.6) is 0 Å². The van der Waals surface area contributed by atoms with Crippen molar-refractivity contribution in [1.82, 2.24) is 0 Å². The number of nitrogens with two attached hydrogens (primary N) is 1. The number of hydrogen-bond donors (Lipinski definition) is 1. The fraction of sp³-hybridized carbons (Fsp3) is 0. The number of para-hydroxylation sites is 2. The van der Waals surface area contributed by atoms with Crippen LogP contribution in [-0.4, -0.2) is 8.42 Å². The molecule has 0 aromatic heterocycles. The van der Waals surface area contributed by atoms with Crippen molar-refractivity contribution in [3.05, 3.63) is 145 Å². The Labute approximate surface area is 228 Å². The fourth-order valence-electron chi connectivity index (χ4n) is 4.35. The predicted molar refractivity (Wildman–Crippen MR) is 158 cm³/mol. The minimum Gasteiger partial charge on any atom is -0.311 e. The van der Waals surface area contributed by atoms with Crippen LogP contribution in [0.4, 0.5) is 17.1 Å². The van der Waals surface area contributed by atoms with Crippen LogP contribution in [0.25, 0.3) is 22.8 Å². The van der Waals surface area contributed by atoms with E-state index in [9.17, 15) is 13.7 Å². The smallest absolute Gasteiger partial charge is 0.238 e. The van der Waals surface area contributed by atoms with E-state index in [-0.39, 0.29) is 4.90 Å². The van der Waals surface area contributed by atoms with Gasteiger partial charge in [-0.2, -0.15) is 5.26 Å². The molecule has 0 radical (unpaired) electrons. The van der Waals surface area contributed by atoms with Crippen molar-refractivity contribution in [2.45, 2.75) is 4.90 Å². The summed E-state index contributed by atoms with van der Waals surface area (Å²) in [6.07, 6.45) is 1.87. The first-order chi connectivity index (χ1) is 18.9. The summed E-state index contributed by atoms with van der Waals surface area (Å²) in [4.78, 5) is 2.26. The number of anilines is 3. The number of nitrogens with zero attached hydrogens (tertiary/aromatic N) is 2. The second kappa shape index (κ2) is 11.2. The van der Waals surface area contributed by atoms with Crippen LogP contribution in [0.1, 0.15) is 11.1 Å². The molecule has 5 aromatic rings. The van der Waals surface area contributed by atoms with Crippen LogP contribution in [0.3, 0.4) is 0 Å². The Hall–Kier alpha value is -4.96. The Morgan fingerprint density at radius 2 is 1.10 bits per heavy atom. The number of sulfonamides is 1. The third-order valence-corrected chi connectivity index (χ3v) is 7.25. The van der Waals surface area contributed by atoms with Gasteiger partial charge in [-0.1, -0.05) is 84.9 Å². The molecular formula is C33H25N3O2S. The van der Waals surface area contributed by atoms with Crippen molar-refractivity contribution in [3.63, 3.8) is 0 Å². The molecule has 0 atom stereocenters. The van der Waals surface area contributed by atoms with Crippen molar-refractivity contribution in [3.8, 4) is 17.2 Å². The van der Waals surface area contributed by atoms with Gasteiger partial charge in [0.2, 0.25) is 10.0 Å². The first-order valence-corrected chi connectivity index (χ1v) is 13.8. The van der Waals surface area contributed by atoms with Crippen LogP contribution in [-0.2, 0) is 10.0 Å². The third kappa shape index (κ3) is 5.97. The predicted octanol–water partition coefficient (Wildman–Crippen LogP) is 7.53. The van der Waals surface area contributed by atoms with Crippen LogP contribution in [0, 0.1) is 11.3 Å². The topological polar surface area (TPSA) is 87.2 Å². The second-order valence-corrected chi connectivity index (χ2v) is 10.5. The summed E-state index contributed by atoms with van der Waals surface area (Å²) in [5.74, 6) is 0. The third-order valence-electron chi connectivity index (χ3n) is 6.32. The van der Waals surface area contributed by atoms with E-state index in [4.69, 9.17) is 5.14 Å². The molecule has 5 nitrogen and oxygen atoms in total. The first-order valence-electron chi connectivity index (χ1n) is 12.3. The lowest BCUT2D eigenvalue weighted by Crippen LogP contribution is -2.11. The van der Waals surface area contributed by atoms with Crippen LogP contribution < -0.4 is 10.0 Å². The zero-order valence-electron chi connectivity index (χ0n) is 21.0. The standard InChI is InChI=1S/C33H25N3O2S/c34-24-29(28-15-13-26(14-16-28)27-17-21-33(22-18-27)39(35,37)38)23-25-11-19-32(20-12-25)36(30-7-3-1-4-8-30)31-9-5-2-6-10-31/h1-23H,(H2,35,37,38). The maximum absolute atomic E-state index is 11.5. The van der Waals surface area contributed by atoms with E-state index in [2.05, 4.69) is 47.4 Å². The number of rotatable bonds is 7. The summed E-state index contributed by atoms with van der Waals surface area (Å²) in [5, 5.41) is 15.1. The minimum absolute atomic E-state index is 0.0687. The fourth-order valence-corrected chi connectivity index (χ4v) is 4.86. The summed E-state index contributed by atoms with van der Waals surface area (Å²) < 4.78 is 23.0. The highest BCUT2D eigenvalue weighted by Gasteiger charge is 2.12. The van der Waals surface area contributed by atoms with Gasteiger partial charge in [0.1, 0.15) is 0 Å². The second-order valence-electron chi connectivity index (χ2n) is 8.91. The zero-order chi connectivity index (χ0) is 27.2. The van der Waals surface area contributed by atoms with Gasteiger partial charge in [0.25, 0.3) is 0 Å². The van der Waals surface area contributed by atoms with Gasteiger partial charge in [-0.15, -0.1) is 0 Å². The van der Waals surface area contributed by atoms with Gasteiger partial charge >= 0.3 is 0 Å². The summed E-state index contributed by atoms with van der Waals surface area (Å²) in [5.41, 5.74) is 7.15. The Morgan fingerprint density at radius 3 is 1.56 bits per heavy atom. The van der Waals surface area contributed by atoms with E-state index < -0.39 is 10.0 Å². The van der Waals surface area contributed by atoms with Crippen molar-refractivity contribution in [2.75, 3.05) is 4.90 Å². The quantitative estimate of drug-likeness (QED) is 0.175. The molecule has 190 valence electrons. The molecule has 0 spiro atoms. The first kappa shape index (κ1) is 25.7. The molecule has 0 heterocycles. The molecule has 0 saturated carbocycles. The highest BCUT2D eigenvalue weighted by Crippen LogP contribution is 2.34. The molecule has 39 heavy (non-hydrogen) atoms. The number of benzene rings is 5. The largest absolute Gasteiger partial charge is 0.311 e. The van der Waals surface area contributed by atoms with Gasteiger partial charge in [0, 0.05) is 17.1 Å². The van der Waals surface area contributed by atoms with Crippen molar-refractivity contribution >= 4 is 38.7 Å². The molecule has 0 aliphatic heterocycles. The number of allylic oxidation sites excluding steroid dienone is 1. The molecule has 0 bridgehead atoms. The molecule has 0 amide bonds. The Bertz CT molecular complexity index is 1700. The van der Waals surface area contributed by atoms with E-state index in [0.29, 0.717) is 5.57 Å². The van der Waals surface area contributed by atoms with E-state index in [1.807, 2.05) is 78.9 Å². The lowest BCUT2D eigenvalue weighted by molar-refractivity contribution is 0.598. The van der Waals surface area contributed by atoms with Crippen LogP contribution in [0.15, 0.2) is 138 Å². The van der Waals surface area contributed by atoms with E-state index in [0.717, 1.165) is 39.3 Å². The zero-order valence-corrected chi connectivity index (χ0v) is 21.8. The Balaban J connectivity index is 1.39.